The van der Waals surface area contributed by atoms with Crippen molar-refractivity contribution in [3.05, 3.63) is 65.2 Å². The number of ether oxygens (including phenoxy) is 1. The number of carbonyl (C=O) groups is 2. The van der Waals surface area contributed by atoms with Gasteiger partial charge in [0.2, 0.25) is 0 Å². The second kappa shape index (κ2) is 9.01. The van der Waals surface area contributed by atoms with E-state index >= 15 is 0 Å². The summed E-state index contributed by atoms with van der Waals surface area (Å²) in [7, 11) is 0. The standard InChI is InChI=1S/C19H17NO4/c21-13-16-9-10-18(22)17(12-16)8-4-5-11-20-19(23)24-14-15-6-2-1-3-7-15/h1-3,6-7,9-10,12-13,22H,5,11,14H2,(H,20,23). The van der Waals surface area contributed by atoms with Crippen LogP contribution >= 0.6 is 0 Å². The zero-order valence-electron chi connectivity index (χ0n) is 13.0. The van der Waals surface area contributed by atoms with Gasteiger partial charge < -0.3 is 15.2 Å². The number of rotatable bonds is 5. The fourth-order valence-corrected chi connectivity index (χ4v) is 1.89. The van der Waals surface area contributed by atoms with Crippen LogP contribution in [0.4, 0.5) is 4.79 Å². The first-order valence-corrected chi connectivity index (χ1v) is 7.40. The minimum atomic E-state index is -0.508. The molecule has 0 radical (unpaired) electrons. The molecule has 2 rings (SSSR count). The van der Waals surface area contributed by atoms with Gasteiger partial charge >= 0.3 is 6.09 Å². The van der Waals surface area contributed by atoms with Crippen molar-refractivity contribution >= 4 is 12.4 Å². The van der Waals surface area contributed by atoms with Crippen molar-refractivity contribution in [2.24, 2.45) is 0 Å². The average Bonchev–Trinajstić information content (AvgIpc) is 2.62. The SMILES string of the molecule is O=Cc1ccc(O)c(C#CCCNC(=O)OCc2ccccc2)c1. The molecule has 2 aromatic carbocycles. The number of aromatic hydroxyl groups is 1. The molecule has 24 heavy (non-hydrogen) atoms. The van der Waals surface area contributed by atoms with Crippen LogP contribution in [0.2, 0.25) is 0 Å². The third kappa shape index (κ3) is 5.50. The molecule has 0 heterocycles. The summed E-state index contributed by atoms with van der Waals surface area (Å²) in [6, 6.07) is 13.8. The van der Waals surface area contributed by atoms with E-state index in [4.69, 9.17) is 4.74 Å². The summed E-state index contributed by atoms with van der Waals surface area (Å²) in [5, 5.41) is 12.2. The molecule has 1 amide bonds. The highest BCUT2D eigenvalue weighted by atomic mass is 16.5. The van der Waals surface area contributed by atoms with Crippen LogP contribution in [0.25, 0.3) is 0 Å². The van der Waals surface area contributed by atoms with Crippen molar-refractivity contribution in [3.8, 4) is 17.6 Å². The number of phenols is 1. The molecular formula is C19H17NO4. The third-order valence-electron chi connectivity index (χ3n) is 3.11. The number of hydrogen-bond acceptors (Lipinski definition) is 4. The lowest BCUT2D eigenvalue weighted by molar-refractivity contribution is 0.112. The van der Waals surface area contributed by atoms with Gasteiger partial charge in [0.15, 0.2) is 0 Å². The molecule has 122 valence electrons. The van der Waals surface area contributed by atoms with Crippen LogP contribution in [0.3, 0.4) is 0 Å². The summed E-state index contributed by atoms with van der Waals surface area (Å²) in [6.07, 6.45) is 0.576. The molecule has 5 heteroatoms. The number of alkyl carbamates (subject to hydrolysis) is 1. The molecule has 0 aliphatic carbocycles. The first-order chi connectivity index (χ1) is 11.7. The van der Waals surface area contributed by atoms with E-state index in [1.807, 2.05) is 30.3 Å². The Bertz CT molecular complexity index is 760. The summed E-state index contributed by atoms with van der Waals surface area (Å²) < 4.78 is 5.07. The second-order valence-electron chi connectivity index (χ2n) is 4.93. The number of nitrogens with one attached hydrogen (secondary N) is 1. The van der Waals surface area contributed by atoms with Crippen LogP contribution in [-0.2, 0) is 11.3 Å². The highest BCUT2D eigenvalue weighted by Gasteiger charge is 2.01. The zero-order valence-corrected chi connectivity index (χ0v) is 13.0. The largest absolute Gasteiger partial charge is 0.507 e. The molecule has 2 N–H and O–H groups in total. The van der Waals surface area contributed by atoms with E-state index < -0.39 is 6.09 Å². The number of hydrogen-bond donors (Lipinski definition) is 2. The number of carbonyl (C=O) groups excluding carboxylic acids is 2. The normalized spacial score (nSPS) is 9.50. The molecular weight excluding hydrogens is 306 g/mol. The summed E-state index contributed by atoms with van der Waals surface area (Å²) in [5.74, 6) is 5.61. The Kier molecular flexibility index (Phi) is 6.42. The van der Waals surface area contributed by atoms with Gasteiger partial charge in [0.05, 0.1) is 5.56 Å². The van der Waals surface area contributed by atoms with Gasteiger partial charge in [0.25, 0.3) is 0 Å². The van der Waals surface area contributed by atoms with Gasteiger partial charge in [-0.25, -0.2) is 4.79 Å². The van der Waals surface area contributed by atoms with Crippen LogP contribution in [0.15, 0.2) is 48.5 Å². The Morgan fingerprint density at radius 2 is 2.00 bits per heavy atom. The van der Waals surface area contributed by atoms with E-state index in [-0.39, 0.29) is 12.4 Å². The maximum atomic E-state index is 11.5. The fraction of sp³-hybridized carbons (Fsp3) is 0.158. The lowest BCUT2D eigenvalue weighted by atomic mass is 10.1. The number of aldehydes is 1. The molecule has 0 atom stereocenters. The Labute approximate surface area is 140 Å². The van der Waals surface area contributed by atoms with Gasteiger partial charge in [0, 0.05) is 18.5 Å². The molecule has 0 fully saturated rings. The molecule has 5 nitrogen and oxygen atoms in total. The van der Waals surface area contributed by atoms with Crippen molar-refractivity contribution in [3.63, 3.8) is 0 Å². The van der Waals surface area contributed by atoms with Crippen molar-refractivity contribution < 1.29 is 19.4 Å². The predicted octanol–water partition coefficient (Wildman–Crippen LogP) is 2.87. The Hall–Kier alpha value is -3.26. The average molecular weight is 323 g/mol. The molecule has 0 saturated heterocycles. The van der Waals surface area contributed by atoms with E-state index in [0.29, 0.717) is 30.4 Å². The maximum Gasteiger partial charge on any atom is 0.407 e. The quantitative estimate of drug-likeness (QED) is 0.504. The minimum Gasteiger partial charge on any atom is -0.507 e. The number of benzene rings is 2. The second-order valence-corrected chi connectivity index (χ2v) is 4.93. The van der Waals surface area contributed by atoms with Gasteiger partial charge in [-0.15, -0.1) is 0 Å². The Balaban J connectivity index is 1.73. The van der Waals surface area contributed by atoms with Crippen LogP contribution in [-0.4, -0.2) is 24.0 Å². The minimum absolute atomic E-state index is 0.0170. The molecule has 0 aromatic heterocycles. The van der Waals surface area contributed by atoms with Gasteiger partial charge in [-0.1, -0.05) is 42.2 Å². The Morgan fingerprint density at radius 1 is 1.21 bits per heavy atom. The van der Waals surface area contributed by atoms with E-state index in [1.165, 1.54) is 18.2 Å². The Morgan fingerprint density at radius 3 is 2.75 bits per heavy atom. The van der Waals surface area contributed by atoms with Crippen LogP contribution < -0.4 is 5.32 Å². The summed E-state index contributed by atoms with van der Waals surface area (Å²) in [4.78, 5) is 22.2. The monoisotopic (exact) mass is 323 g/mol. The van der Waals surface area contributed by atoms with Crippen molar-refractivity contribution in [2.45, 2.75) is 13.0 Å². The third-order valence-corrected chi connectivity index (χ3v) is 3.11. The van der Waals surface area contributed by atoms with E-state index in [2.05, 4.69) is 17.2 Å². The van der Waals surface area contributed by atoms with Crippen molar-refractivity contribution in [2.75, 3.05) is 6.54 Å². The maximum absolute atomic E-state index is 11.5. The predicted molar refractivity (Wildman–Crippen MR) is 89.6 cm³/mol. The van der Waals surface area contributed by atoms with Gasteiger partial charge in [-0.05, 0) is 23.8 Å². The van der Waals surface area contributed by atoms with E-state index in [1.54, 1.807) is 0 Å². The topological polar surface area (TPSA) is 75.6 Å². The molecule has 0 bridgehead atoms. The molecule has 0 spiro atoms. The molecule has 0 saturated carbocycles. The lowest BCUT2D eigenvalue weighted by Gasteiger charge is -2.05. The summed E-state index contributed by atoms with van der Waals surface area (Å²) >= 11 is 0. The molecule has 0 unspecified atom stereocenters. The van der Waals surface area contributed by atoms with Gasteiger partial charge in [-0.2, -0.15) is 0 Å². The lowest BCUT2D eigenvalue weighted by Crippen LogP contribution is -2.24. The number of phenolic OH excluding ortho intramolecular Hbond substituents is 1. The molecule has 2 aromatic rings. The van der Waals surface area contributed by atoms with Gasteiger partial charge in [0.1, 0.15) is 18.6 Å². The van der Waals surface area contributed by atoms with E-state index in [0.717, 1.165) is 5.56 Å². The first-order valence-electron chi connectivity index (χ1n) is 7.40. The summed E-state index contributed by atoms with van der Waals surface area (Å²) in [6.45, 7) is 0.541. The highest BCUT2D eigenvalue weighted by Crippen LogP contribution is 2.16. The number of amides is 1. The smallest absolute Gasteiger partial charge is 0.407 e. The first kappa shape index (κ1) is 17.1. The molecule has 0 aliphatic rings. The van der Waals surface area contributed by atoms with E-state index in [9.17, 15) is 14.7 Å². The van der Waals surface area contributed by atoms with Crippen molar-refractivity contribution in [1.82, 2.24) is 5.32 Å². The summed E-state index contributed by atoms with van der Waals surface area (Å²) in [5.41, 5.74) is 1.74. The van der Waals surface area contributed by atoms with Gasteiger partial charge in [-0.3, -0.25) is 4.79 Å². The van der Waals surface area contributed by atoms with Crippen LogP contribution in [0, 0.1) is 11.8 Å². The van der Waals surface area contributed by atoms with Crippen LogP contribution in [0.1, 0.15) is 27.9 Å². The highest BCUT2D eigenvalue weighted by molar-refractivity contribution is 5.76. The zero-order chi connectivity index (χ0) is 17.2. The van der Waals surface area contributed by atoms with Crippen molar-refractivity contribution in [1.29, 1.82) is 0 Å². The van der Waals surface area contributed by atoms with Crippen LogP contribution in [0.5, 0.6) is 5.75 Å². The fourth-order valence-electron chi connectivity index (χ4n) is 1.89. The molecule has 0 aliphatic heterocycles.